The largest absolute Gasteiger partial charge is 0.309 e. The van der Waals surface area contributed by atoms with Crippen LogP contribution in [0.2, 0.25) is 0 Å². The van der Waals surface area contributed by atoms with Gasteiger partial charge in [-0.2, -0.15) is 0 Å². The Balaban J connectivity index is 1.16. The van der Waals surface area contributed by atoms with Gasteiger partial charge in [-0.25, -0.2) is 15.0 Å². The summed E-state index contributed by atoms with van der Waals surface area (Å²) in [5, 5.41) is 1.23. The first-order chi connectivity index (χ1) is 28.9. The Kier molecular flexibility index (Phi) is 7.08. The second-order valence-electron chi connectivity index (χ2n) is 13.4. The van der Waals surface area contributed by atoms with Crippen molar-refractivity contribution in [3.05, 3.63) is 206 Å². The average molecular weight is 707 g/mol. The summed E-state index contributed by atoms with van der Waals surface area (Å²) >= 11 is 0. The minimum absolute atomic E-state index is 0.0640. The Bertz CT molecular complexity index is 3140. The molecule has 0 N–H and O–H groups in total. The average Bonchev–Trinajstić information content (AvgIpc) is 3.67. The van der Waals surface area contributed by atoms with E-state index in [1.807, 2.05) is 132 Å². The highest BCUT2D eigenvalue weighted by Gasteiger charge is 2.18. The molecule has 0 fully saturated rings. The summed E-state index contributed by atoms with van der Waals surface area (Å²) in [4.78, 5) is 14.8. The van der Waals surface area contributed by atoms with Gasteiger partial charge in [0, 0.05) is 38.7 Å². The lowest BCUT2D eigenvalue weighted by Gasteiger charge is -2.14. The Morgan fingerprint density at radius 3 is 1.51 bits per heavy atom. The second-order valence-corrected chi connectivity index (χ2v) is 13.4. The van der Waals surface area contributed by atoms with Crippen LogP contribution >= 0.6 is 0 Å². The number of rotatable bonds is 7. The van der Waals surface area contributed by atoms with Gasteiger partial charge in [-0.1, -0.05) is 176 Å². The van der Waals surface area contributed by atoms with Crippen LogP contribution in [0, 0.1) is 0 Å². The molecule has 0 amide bonds. The molecule has 0 aliphatic heterocycles. The maximum atomic E-state index is 9.24. The first-order valence-electron chi connectivity index (χ1n) is 20.2. The zero-order valence-corrected chi connectivity index (χ0v) is 29.6. The Labute approximate surface area is 325 Å². The molecule has 8 aromatic carbocycles. The molecule has 10 aromatic rings. The number of hydrogen-bond donors (Lipinski definition) is 0. The van der Waals surface area contributed by atoms with E-state index in [2.05, 4.69) is 54.6 Å². The molecule has 0 radical (unpaired) electrons. The molecule has 4 nitrogen and oxygen atoms in total. The molecule has 4 heteroatoms. The van der Waals surface area contributed by atoms with E-state index in [-0.39, 0.29) is 24.2 Å². The predicted octanol–water partition coefficient (Wildman–Crippen LogP) is 13.0. The van der Waals surface area contributed by atoms with Gasteiger partial charge in [0.1, 0.15) is 0 Å². The lowest BCUT2D eigenvalue weighted by molar-refractivity contribution is 1.07. The van der Waals surface area contributed by atoms with Gasteiger partial charge in [-0.05, 0) is 58.1 Å². The van der Waals surface area contributed by atoms with E-state index < -0.39 is 0 Å². The van der Waals surface area contributed by atoms with E-state index >= 15 is 0 Å². The van der Waals surface area contributed by atoms with Gasteiger partial charge in [0.15, 0.2) is 17.5 Å². The van der Waals surface area contributed by atoms with Gasteiger partial charge >= 0.3 is 0 Å². The fourth-order valence-corrected chi connectivity index (χ4v) is 7.35. The van der Waals surface area contributed by atoms with Crippen LogP contribution in [0.1, 0.15) is 5.48 Å². The van der Waals surface area contributed by atoms with Crippen molar-refractivity contribution in [2.24, 2.45) is 0 Å². The van der Waals surface area contributed by atoms with Crippen LogP contribution in [0.5, 0.6) is 0 Å². The molecule has 55 heavy (non-hydrogen) atoms. The van der Waals surface area contributed by atoms with Crippen molar-refractivity contribution < 1.29 is 5.48 Å². The second kappa shape index (κ2) is 13.8. The Morgan fingerprint density at radius 2 is 0.836 bits per heavy atom. The number of hydrogen-bond acceptors (Lipinski definition) is 3. The third-order valence-corrected chi connectivity index (χ3v) is 9.96. The van der Waals surface area contributed by atoms with Gasteiger partial charge in [0.25, 0.3) is 0 Å². The van der Waals surface area contributed by atoms with E-state index in [0.717, 1.165) is 66.7 Å². The number of para-hydroxylation sites is 2. The summed E-state index contributed by atoms with van der Waals surface area (Å²) in [6, 6.07) is 60.0. The van der Waals surface area contributed by atoms with Crippen LogP contribution in [0.15, 0.2) is 206 Å². The fourth-order valence-electron chi connectivity index (χ4n) is 7.35. The van der Waals surface area contributed by atoms with Gasteiger partial charge < -0.3 is 4.57 Å². The highest BCUT2D eigenvalue weighted by molar-refractivity contribution is 6.14. The van der Waals surface area contributed by atoms with Crippen LogP contribution in [0.4, 0.5) is 0 Å². The van der Waals surface area contributed by atoms with Crippen LogP contribution in [-0.4, -0.2) is 19.5 Å². The molecule has 258 valence electrons. The maximum Gasteiger partial charge on any atom is 0.164 e. The maximum absolute atomic E-state index is 9.24. The van der Waals surface area contributed by atoms with Gasteiger partial charge in [-0.15, -0.1) is 0 Å². The smallest absolute Gasteiger partial charge is 0.164 e. The van der Waals surface area contributed by atoms with Crippen molar-refractivity contribution in [1.82, 2.24) is 19.5 Å². The molecule has 10 rings (SSSR count). The molecule has 2 heterocycles. The van der Waals surface area contributed by atoms with Crippen LogP contribution in [0.3, 0.4) is 0 Å². The summed E-state index contributed by atoms with van der Waals surface area (Å²) < 4.78 is 37.7. The Morgan fingerprint density at radius 1 is 0.364 bits per heavy atom. The van der Waals surface area contributed by atoms with Gasteiger partial charge in [-0.3, -0.25) is 0 Å². The highest BCUT2D eigenvalue weighted by Crippen LogP contribution is 2.40. The number of aromatic nitrogens is 4. The summed E-state index contributed by atoms with van der Waals surface area (Å²) in [6.07, 6.45) is 0. The number of fused-ring (bicyclic) bond motifs is 3. The summed E-state index contributed by atoms with van der Waals surface area (Å²) in [5.41, 5.74) is 10.5. The summed E-state index contributed by atoms with van der Waals surface area (Å²) in [5.74, 6) is 1.72. The monoisotopic (exact) mass is 706 g/mol. The molecule has 0 saturated carbocycles. The molecule has 0 aliphatic rings. The van der Waals surface area contributed by atoms with Crippen molar-refractivity contribution in [1.29, 1.82) is 0 Å². The molecule has 0 saturated heterocycles. The van der Waals surface area contributed by atoms with Gasteiger partial charge in [0.2, 0.25) is 0 Å². The quantitative estimate of drug-likeness (QED) is 0.166. The SMILES string of the molecule is [2H]c1c([2H])c([2H])c2c(c1[2H])c1cccc(-c3cccc(-c4ccccc4)c3)c1n2-c1cccc(-c2cccc(-c3nc(-c4ccccc4)nc(-c4ccccc4)n3)c2)c1. The normalized spacial score (nSPS) is 12.3. The van der Waals surface area contributed by atoms with Crippen LogP contribution < -0.4 is 0 Å². The lowest BCUT2D eigenvalue weighted by Crippen LogP contribution is -2.00. The van der Waals surface area contributed by atoms with Crippen LogP contribution in [0.25, 0.3) is 95.0 Å². The molecule has 0 unspecified atom stereocenters. The third kappa shape index (κ3) is 6.06. The van der Waals surface area contributed by atoms with Crippen molar-refractivity contribution in [2.75, 3.05) is 0 Å². The fraction of sp³-hybridized carbons (Fsp3) is 0. The first-order valence-corrected chi connectivity index (χ1v) is 18.2. The van der Waals surface area contributed by atoms with Crippen molar-refractivity contribution >= 4 is 21.8 Å². The molecule has 0 spiro atoms. The Hall–Kier alpha value is -7.43. The van der Waals surface area contributed by atoms with E-state index in [0.29, 0.717) is 28.4 Å². The van der Waals surface area contributed by atoms with E-state index in [1.165, 1.54) is 0 Å². The topological polar surface area (TPSA) is 43.6 Å². The minimum Gasteiger partial charge on any atom is -0.309 e. The predicted molar refractivity (Wildman–Crippen MR) is 227 cm³/mol. The first kappa shape index (κ1) is 28.1. The molecule has 0 bridgehead atoms. The van der Waals surface area contributed by atoms with Crippen molar-refractivity contribution in [3.63, 3.8) is 0 Å². The molecular formula is C51H34N4. The third-order valence-electron chi connectivity index (χ3n) is 9.96. The molecule has 0 aliphatic carbocycles. The van der Waals surface area contributed by atoms with E-state index in [1.54, 1.807) is 0 Å². The highest BCUT2D eigenvalue weighted by atomic mass is 15.0. The standard InChI is InChI=1S/C51H34N4/c1-4-16-35(17-5-1)38-22-12-25-41(32-38)44-29-15-30-46-45-28-10-11-31-47(45)55(48(44)46)43-27-14-24-40(34-43)39-23-13-26-42(33-39)51-53-49(36-18-6-2-7-19-36)52-50(54-51)37-20-8-3-9-21-37/h1-34H/i10D,11D,28D,31D. The van der Waals surface area contributed by atoms with Crippen LogP contribution in [-0.2, 0) is 0 Å². The number of nitrogens with zero attached hydrogens (tertiary/aromatic N) is 4. The zero-order valence-electron chi connectivity index (χ0n) is 33.6. The summed E-state index contributed by atoms with van der Waals surface area (Å²) in [6.45, 7) is 0. The molecular weight excluding hydrogens is 669 g/mol. The van der Waals surface area contributed by atoms with Crippen molar-refractivity contribution in [3.8, 4) is 73.2 Å². The zero-order chi connectivity index (χ0) is 40.0. The number of benzene rings is 8. The van der Waals surface area contributed by atoms with Gasteiger partial charge in [0.05, 0.1) is 16.5 Å². The minimum atomic E-state index is -0.273. The van der Waals surface area contributed by atoms with E-state index in [9.17, 15) is 1.37 Å². The summed E-state index contributed by atoms with van der Waals surface area (Å²) in [7, 11) is 0. The lowest BCUT2D eigenvalue weighted by atomic mass is 9.97. The molecule has 2 aromatic heterocycles. The van der Waals surface area contributed by atoms with E-state index in [4.69, 9.17) is 19.1 Å². The van der Waals surface area contributed by atoms with Crippen molar-refractivity contribution in [2.45, 2.75) is 0 Å². The molecule has 0 atom stereocenters.